The number of piperazine rings is 1. The van der Waals surface area contributed by atoms with E-state index in [0.29, 0.717) is 12.0 Å². The Kier molecular flexibility index (Phi) is 3.53. The minimum absolute atomic E-state index is 0.201. The lowest BCUT2D eigenvalue weighted by atomic mass is 10.2. The third kappa shape index (κ3) is 2.44. The molecule has 0 aliphatic carbocycles. The molecule has 4 rings (SSSR count). The van der Waals surface area contributed by atoms with Gasteiger partial charge in [0.05, 0.1) is 11.6 Å². The highest BCUT2D eigenvalue weighted by atomic mass is 19.1. The summed E-state index contributed by atoms with van der Waals surface area (Å²) in [5.74, 6) is -0.300. The van der Waals surface area contributed by atoms with Gasteiger partial charge in [-0.3, -0.25) is 10.0 Å². The van der Waals surface area contributed by atoms with Gasteiger partial charge >= 0.3 is 0 Å². The monoisotopic (exact) mass is 329 g/mol. The highest BCUT2D eigenvalue weighted by Gasteiger charge is 2.44. The highest BCUT2D eigenvalue weighted by molar-refractivity contribution is 5.92. The molecule has 0 radical (unpaired) electrons. The summed E-state index contributed by atoms with van der Waals surface area (Å²) in [6.07, 6.45) is 3.76. The van der Waals surface area contributed by atoms with Gasteiger partial charge in [-0.05, 0) is 24.6 Å². The maximum absolute atomic E-state index is 13.4. The second-order valence-corrected chi connectivity index (χ2v) is 6.04. The van der Waals surface area contributed by atoms with Crippen LogP contribution in [0, 0.1) is 5.82 Å². The first-order chi connectivity index (χ1) is 11.7. The van der Waals surface area contributed by atoms with Crippen molar-refractivity contribution >= 4 is 17.5 Å². The lowest BCUT2D eigenvalue weighted by Crippen LogP contribution is -2.47. The molecule has 2 aromatic rings. The van der Waals surface area contributed by atoms with Gasteiger partial charge < -0.3 is 9.80 Å². The molecule has 3 heterocycles. The molecule has 1 aromatic carbocycles. The minimum Gasteiger partial charge on any atom is -0.365 e. The Morgan fingerprint density at radius 2 is 1.92 bits per heavy atom. The van der Waals surface area contributed by atoms with Crippen molar-refractivity contribution in [2.75, 3.05) is 22.9 Å². The fourth-order valence-electron chi connectivity index (χ4n) is 3.53. The van der Waals surface area contributed by atoms with E-state index in [-0.39, 0.29) is 17.4 Å². The van der Waals surface area contributed by atoms with Crippen LogP contribution >= 0.6 is 0 Å². The van der Waals surface area contributed by atoms with E-state index in [4.69, 9.17) is 5.21 Å². The Bertz CT molecular complexity index is 769. The van der Waals surface area contributed by atoms with Crippen molar-refractivity contribution in [1.82, 2.24) is 15.4 Å². The molecule has 2 fully saturated rings. The van der Waals surface area contributed by atoms with E-state index in [2.05, 4.69) is 19.8 Å². The second-order valence-electron chi connectivity index (χ2n) is 6.04. The standard InChI is InChI=1S/C16H16FN5O2/c17-11-2-1-3-12(4-11)21-8-14-5-13(21)9-22(14)16-18-6-10(7-19-16)15(23)20-24/h1-4,6-7,13-14,24H,5,8-9H2,(H,20,23)/t13-,14-/m0/s1. The zero-order valence-corrected chi connectivity index (χ0v) is 12.8. The van der Waals surface area contributed by atoms with Crippen LogP contribution in [0.1, 0.15) is 16.8 Å². The Morgan fingerprint density at radius 3 is 2.54 bits per heavy atom. The molecule has 2 N–H and O–H groups in total. The predicted octanol–water partition coefficient (Wildman–Crippen LogP) is 1.20. The number of hydrogen-bond donors (Lipinski definition) is 2. The summed E-state index contributed by atoms with van der Waals surface area (Å²) < 4.78 is 13.4. The van der Waals surface area contributed by atoms with Gasteiger partial charge in [-0.2, -0.15) is 0 Å². The van der Waals surface area contributed by atoms with Crippen molar-refractivity contribution in [3.05, 3.63) is 48.0 Å². The summed E-state index contributed by atoms with van der Waals surface area (Å²) in [7, 11) is 0. The quantitative estimate of drug-likeness (QED) is 0.650. The molecule has 0 unspecified atom stereocenters. The van der Waals surface area contributed by atoms with Crippen LogP contribution in [0.5, 0.6) is 0 Å². The fraction of sp³-hybridized carbons (Fsp3) is 0.312. The molecule has 124 valence electrons. The average molecular weight is 329 g/mol. The smallest absolute Gasteiger partial charge is 0.277 e. The molecular weight excluding hydrogens is 313 g/mol. The Balaban J connectivity index is 1.49. The normalized spacial score (nSPS) is 22.1. The summed E-state index contributed by atoms with van der Waals surface area (Å²) in [4.78, 5) is 24.1. The number of halogens is 1. The number of amides is 1. The number of nitrogens with one attached hydrogen (secondary N) is 1. The summed E-state index contributed by atoms with van der Waals surface area (Å²) in [6.45, 7) is 1.54. The molecule has 2 saturated heterocycles. The molecule has 24 heavy (non-hydrogen) atoms. The lowest BCUT2D eigenvalue weighted by Gasteiger charge is -2.35. The van der Waals surface area contributed by atoms with Gasteiger partial charge in [-0.25, -0.2) is 19.8 Å². The van der Waals surface area contributed by atoms with Crippen molar-refractivity contribution in [3.63, 3.8) is 0 Å². The van der Waals surface area contributed by atoms with E-state index in [1.54, 1.807) is 17.6 Å². The molecular formula is C16H16FN5O2. The van der Waals surface area contributed by atoms with Crippen molar-refractivity contribution in [2.45, 2.75) is 18.5 Å². The van der Waals surface area contributed by atoms with Gasteiger partial charge in [0.25, 0.3) is 5.91 Å². The third-order valence-corrected chi connectivity index (χ3v) is 4.64. The summed E-state index contributed by atoms with van der Waals surface area (Å²) >= 11 is 0. The van der Waals surface area contributed by atoms with Gasteiger partial charge in [0.15, 0.2) is 0 Å². The van der Waals surface area contributed by atoms with Crippen LogP contribution in [0.15, 0.2) is 36.7 Å². The van der Waals surface area contributed by atoms with Gasteiger partial charge in [0, 0.05) is 37.2 Å². The van der Waals surface area contributed by atoms with Gasteiger partial charge in [-0.15, -0.1) is 0 Å². The first-order valence-electron chi connectivity index (χ1n) is 7.71. The Hall–Kier alpha value is -2.74. The molecule has 1 aromatic heterocycles. The van der Waals surface area contributed by atoms with Crippen LogP contribution in [-0.4, -0.2) is 46.3 Å². The van der Waals surface area contributed by atoms with E-state index in [1.165, 1.54) is 18.5 Å². The van der Waals surface area contributed by atoms with Crippen molar-refractivity contribution in [2.24, 2.45) is 0 Å². The molecule has 2 aliphatic heterocycles. The van der Waals surface area contributed by atoms with Gasteiger partial charge in [0.1, 0.15) is 5.82 Å². The van der Waals surface area contributed by atoms with E-state index >= 15 is 0 Å². The van der Waals surface area contributed by atoms with Gasteiger partial charge in [0.2, 0.25) is 5.95 Å². The van der Waals surface area contributed by atoms with E-state index in [0.717, 1.165) is 25.2 Å². The second kappa shape index (κ2) is 5.72. The average Bonchev–Trinajstić information content (AvgIpc) is 3.22. The number of carbonyl (C=O) groups is 1. The Morgan fingerprint density at radius 1 is 1.21 bits per heavy atom. The molecule has 2 atom stereocenters. The number of benzene rings is 1. The zero-order chi connectivity index (χ0) is 16.7. The van der Waals surface area contributed by atoms with Crippen LogP contribution in [0.2, 0.25) is 0 Å². The molecule has 0 spiro atoms. The number of anilines is 2. The maximum atomic E-state index is 13.4. The molecule has 8 heteroatoms. The Labute approximate surface area is 137 Å². The van der Waals surface area contributed by atoms with Crippen molar-refractivity contribution in [1.29, 1.82) is 0 Å². The van der Waals surface area contributed by atoms with Crippen molar-refractivity contribution in [3.8, 4) is 0 Å². The predicted molar refractivity (Wildman–Crippen MR) is 84.6 cm³/mol. The summed E-state index contributed by atoms with van der Waals surface area (Å²) in [5, 5.41) is 8.61. The minimum atomic E-state index is -0.637. The number of aromatic nitrogens is 2. The van der Waals surface area contributed by atoms with Crippen LogP contribution in [0.25, 0.3) is 0 Å². The summed E-state index contributed by atoms with van der Waals surface area (Å²) in [5.41, 5.74) is 2.66. The number of hydroxylamine groups is 1. The van der Waals surface area contributed by atoms with Crippen molar-refractivity contribution < 1.29 is 14.4 Å². The highest BCUT2D eigenvalue weighted by Crippen LogP contribution is 2.36. The molecule has 2 bridgehead atoms. The maximum Gasteiger partial charge on any atom is 0.277 e. The topological polar surface area (TPSA) is 81.6 Å². The largest absolute Gasteiger partial charge is 0.365 e. The first kappa shape index (κ1) is 14.8. The number of hydrogen-bond acceptors (Lipinski definition) is 6. The first-order valence-corrected chi connectivity index (χ1v) is 7.71. The zero-order valence-electron chi connectivity index (χ0n) is 12.8. The molecule has 7 nitrogen and oxygen atoms in total. The molecule has 1 amide bonds. The van der Waals surface area contributed by atoms with E-state index in [9.17, 15) is 9.18 Å². The lowest BCUT2D eigenvalue weighted by molar-refractivity contribution is 0.0705. The number of carbonyl (C=O) groups excluding carboxylic acids is 1. The number of fused-ring (bicyclic) bond motifs is 2. The van der Waals surface area contributed by atoms with E-state index < -0.39 is 5.91 Å². The third-order valence-electron chi connectivity index (χ3n) is 4.64. The molecule has 0 saturated carbocycles. The van der Waals surface area contributed by atoms with Gasteiger partial charge in [-0.1, -0.05) is 6.07 Å². The number of nitrogens with zero attached hydrogens (tertiary/aromatic N) is 4. The molecule has 2 aliphatic rings. The SMILES string of the molecule is O=C(NO)c1cnc(N2C[C@@H]3C[C@H]2CN3c2cccc(F)c2)nc1. The fourth-order valence-corrected chi connectivity index (χ4v) is 3.53. The van der Waals surface area contributed by atoms with Crippen LogP contribution in [0.3, 0.4) is 0 Å². The van der Waals surface area contributed by atoms with Crippen LogP contribution < -0.4 is 15.3 Å². The van der Waals surface area contributed by atoms with E-state index in [1.807, 2.05) is 6.07 Å². The van der Waals surface area contributed by atoms with Crippen LogP contribution in [0.4, 0.5) is 16.0 Å². The van der Waals surface area contributed by atoms with Crippen LogP contribution in [-0.2, 0) is 0 Å². The number of rotatable bonds is 3. The summed E-state index contributed by atoms with van der Waals surface area (Å²) in [6, 6.07) is 7.21.